The monoisotopic (exact) mass is 376 g/mol. The topological polar surface area (TPSA) is 88.5 Å². The van der Waals surface area contributed by atoms with Gasteiger partial charge in [0.05, 0.1) is 12.0 Å². The van der Waals surface area contributed by atoms with Gasteiger partial charge in [-0.3, -0.25) is 4.79 Å². The Morgan fingerprint density at radius 2 is 1.92 bits per heavy atom. The lowest BCUT2D eigenvalue weighted by Crippen LogP contribution is -2.30. The maximum absolute atomic E-state index is 12.2. The van der Waals surface area contributed by atoms with Gasteiger partial charge in [-0.05, 0) is 24.8 Å². The highest BCUT2D eigenvalue weighted by Gasteiger charge is 2.23. The number of carboxylic acid groups (broad SMARTS) is 1. The number of hydrogen-bond donors (Lipinski definition) is 2. The van der Waals surface area contributed by atoms with Crippen LogP contribution in [0.5, 0.6) is 0 Å². The summed E-state index contributed by atoms with van der Waals surface area (Å²) < 4.78 is 5.29. The molecule has 0 bridgehead atoms. The van der Waals surface area contributed by atoms with Crippen LogP contribution in [-0.4, -0.2) is 22.2 Å². The number of nitrogens with zero attached hydrogens (tertiary/aromatic N) is 1. The van der Waals surface area contributed by atoms with E-state index in [1.165, 1.54) is 11.3 Å². The summed E-state index contributed by atoms with van der Waals surface area (Å²) in [6, 6.07) is 9.15. The molecular formula is C19H24N2O4S. The molecule has 140 valence electrons. The van der Waals surface area contributed by atoms with Gasteiger partial charge in [-0.2, -0.15) is 0 Å². The highest BCUT2D eigenvalue weighted by molar-refractivity contribution is 7.11. The van der Waals surface area contributed by atoms with E-state index in [2.05, 4.69) is 24.1 Å². The van der Waals surface area contributed by atoms with Crippen molar-refractivity contribution >= 4 is 23.4 Å². The van der Waals surface area contributed by atoms with E-state index in [-0.39, 0.29) is 12.6 Å². The second kappa shape index (κ2) is 9.33. The smallest absolute Gasteiger partial charge is 0.408 e. The van der Waals surface area contributed by atoms with Gasteiger partial charge in [-0.15, -0.1) is 11.3 Å². The van der Waals surface area contributed by atoms with Crippen molar-refractivity contribution in [3.8, 4) is 0 Å². The Morgan fingerprint density at radius 1 is 1.23 bits per heavy atom. The summed E-state index contributed by atoms with van der Waals surface area (Å²) in [7, 11) is 0. The van der Waals surface area contributed by atoms with Crippen LogP contribution in [0.25, 0.3) is 0 Å². The maximum atomic E-state index is 12.2. The highest BCUT2D eigenvalue weighted by Crippen LogP contribution is 2.29. The van der Waals surface area contributed by atoms with Crippen LogP contribution in [0, 0.1) is 5.92 Å². The summed E-state index contributed by atoms with van der Waals surface area (Å²) in [5, 5.41) is 12.7. The average Bonchev–Trinajstić information content (AvgIpc) is 3.09. The fraction of sp³-hybridized carbons (Fsp3) is 0.421. The fourth-order valence-corrected chi connectivity index (χ4v) is 3.41. The molecule has 26 heavy (non-hydrogen) atoms. The Balaban J connectivity index is 2.02. The highest BCUT2D eigenvalue weighted by atomic mass is 32.1. The minimum Gasteiger partial charge on any atom is -0.481 e. The van der Waals surface area contributed by atoms with Crippen molar-refractivity contribution < 1.29 is 19.4 Å². The Hall–Kier alpha value is -2.41. The summed E-state index contributed by atoms with van der Waals surface area (Å²) in [5.74, 6) is -1.18. The molecule has 0 aliphatic rings. The molecule has 0 spiro atoms. The molecule has 0 saturated heterocycles. The van der Waals surface area contributed by atoms with E-state index in [1.54, 1.807) is 13.1 Å². The first-order valence-corrected chi connectivity index (χ1v) is 9.34. The van der Waals surface area contributed by atoms with E-state index in [0.29, 0.717) is 22.2 Å². The van der Waals surface area contributed by atoms with E-state index in [4.69, 9.17) is 9.84 Å². The molecule has 0 aliphatic carbocycles. The van der Waals surface area contributed by atoms with Crippen LogP contribution in [0.4, 0.5) is 4.79 Å². The van der Waals surface area contributed by atoms with Crippen LogP contribution < -0.4 is 5.32 Å². The first-order valence-electron chi connectivity index (χ1n) is 8.52. The van der Waals surface area contributed by atoms with Crippen molar-refractivity contribution in [2.45, 2.75) is 45.8 Å². The molecule has 2 N–H and O–H groups in total. The molecule has 0 radical (unpaired) electrons. The van der Waals surface area contributed by atoms with Crippen molar-refractivity contribution in [3.05, 3.63) is 52.0 Å². The van der Waals surface area contributed by atoms with Crippen molar-refractivity contribution in [2.75, 3.05) is 0 Å². The molecule has 0 fully saturated rings. The zero-order valence-electron chi connectivity index (χ0n) is 15.1. The number of nitrogens with one attached hydrogen (secondary N) is 1. The summed E-state index contributed by atoms with van der Waals surface area (Å²) in [6.07, 6.45) is 1.75. The van der Waals surface area contributed by atoms with Crippen LogP contribution >= 0.6 is 11.3 Å². The molecule has 2 rings (SSSR count). The van der Waals surface area contributed by atoms with Crippen LogP contribution in [-0.2, 0) is 16.1 Å². The second-order valence-electron chi connectivity index (χ2n) is 6.55. The predicted octanol–water partition coefficient (Wildman–Crippen LogP) is 4.34. The molecule has 1 aromatic heterocycles. The largest absolute Gasteiger partial charge is 0.481 e. The molecule has 7 heteroatoms. The number of rotatable bonds is 8. The average molecular weight is 376 g/mol. The predicted molar refractivity (Wildman–Crippen MR) is 100 cm³/mol. The first-order chi connectivity index (χ1) is 12.4. The van der Waals surface area contributed by atoms with Gasteiger partial charge in [0.15, 0.2) is 0 Å². The number of alkyl carbamates (subject to hydrolysis) is 1. The Kier molecular flexibility index (Phi) is 7.15. The number of aliphatic carboxylic acids is 1. The second-order valence-corrected chi connectivity index (χ2v) is 7.64. The summed E-state index contributed by atoms with van der Waals surface area (Å²) in [6.45, 7) is 5.93. The number of carbonyl (C=O) groups excluding carboxylic acids is 1. The number of amides is 1. The molecule has 2 atom stereocenters. The van der Waals surface area contributed by atoms with Crippen molar-refractivity contribution in [1.82, 2.24) is 10.3 Å². The molecular weight excluding hydrogens is 352 g/mol. The van der Waals surface area contributed by atoms with Crippen LogP contribution in [0.2, 0.25) is 0 Å². The molecule has 0 aliphatic heterocycles. The molecule has 1 aromatic carbocycles. The van der Waals surface area contributed by atoms with Gasteiger partial charge in [0, 0.05) is 11.1 Å². The minimum absolute atomic E-state index is 0.195. The Bertz CT molecular complexity index is 730. The lowest BCUT2D eigenvalue weighted by atomic mass is 10.0. The summed E-state index contributed by atoms with van der Waals surface area (Å²) in [5.41, 5.74) is 0.912. The van der Waals surface area contributed by atoms with Gasteiger partial charge in [0.2, 0.25) is 0 Å². The van der Waals surface area contributed by atoms with Crippen molar-refractivity contribution in [2.24, 2.45) is 5.92 Å². The third kappa shape index (κ3) is 5.84. The zero-order valence-corrected chi connectivity index (χ0v) is 16.0. The normalized spacial score (nSPS) is 13.2. The quantitative estimate of drug-likeness (QED) is 0.715. The number of aromatic nitrogens is 1. The molecule has 0 saturated carbocycles. The SMILES string of the molecule is CC(C)CC(NC(=O)OCc1ccccc1)c1ncc(C(C)C(=O)O)s1. The van der Waals surface area contributed by atoms with Crippen LogP contribution in [0.1, 0.15) is 54.6 Å². The summed E-state index contributed by atoms with van der Waals surface area (Å²) >= 11 is 1.31. The lowest BCUT2D eigenvalue weighted by Gasteiger charge is -2.18. The Morgan fingerprint density at radius 3 is 2.54 bits per heavy atom. The number of carboxylic acids is 1. The molecule has 1 amide bonds. The van der Waals surface area contributed by atoms with E-state index < -0.39 is 18.0 Å². The Labute approximate surface area is 157 Å². The van der Waals surface area contributed by atoms with Gasteiger partial charge in [0.1, 0.15) is 11.6 Å². The van der Waals surface area contributed by atoms with E-state index in [0.717, 1.165) is 5.56 Å². The number of thiazole rings is 1. The van der Waals surface area contributed by atoms with Crippen molar-refractivity contribution in [3.63, 3.8) is 0 Å². The minimum atomic E-state index is -0.893. The molecule has 1 heterocycles. The van der Waals surface area contributed by atoms with Crippen LogP contribution in [0.15, 0.2) is 36.5 Å². The maximum Gasteiger partial charge on any atom is 0.408 e. The molecule has 2 aromatic rings. The fourth-order valence-electron chi connectivity index (χ4n) is 2.38. The third-order valence-electron chi connectivity index (χ3n) is 3.85. The standard InChI is InChI=1S/C19H24N2O4S/c1-12(2)9-15(17-20-10-16(26-17)13(3)18(22)23)21-19(24)25-11-14-7-5-4-6-8-14/h4-8,10,12-13,15H,9,11H2,1-3H3,(H,21,24)(H,22,23). The van der Waals surface area contributed by atoms with Gasteiger partial charge in [-0.1, -0.05) is 44.2 Å². The third-order valence-corrected chi connectivity index (χ3v) is 5.14. The van der Waals surface area contributed by atoms with Crippen LogP contribution in [0.3, 0.4) is 0 Å². The zero-order chi connectivity index (χ0) is 19.1. The number of ether oxygens (including phenoxy) is 1. The van der Waals surface area contributed by atoms with Gasteiger partial charge < -0.3 is 15.2 Å². The van der Waals surface area contributed by atoms with Crippen molar-refractivity contribution in [1.29, 1.82) is 0 Å². The molecule has 2 unspecified atom stereocenters. The van der Waals surface area contributed by atoms with E-state index in [1.807, 2.05) is 30.3 Å². The number of carbonyl (C=O) groups is 2. The van der Waals surface area contributed by atoms with Gasteiger partial charge >= 0.3 is 12.1 Å². The van der Waals surface area contributed by atoms with E-state index in [9.17, 15) is 9.59 Å². The number of benzene rings is 1. The molecule has 6 nitrogen and oxygen atoms in total. The number of hydrogen-bond acceptors (Lipinski definition) is 5. The lowest BCUT2D eigenvalue weighted by molar-refractivity contribution is -0.138. The summed E-state index contributed by atoms with van der Waals surface area (Å²) in [4.78, 5) is 28.3. The van der Waals surface area contributed by atoms with Gasteiger partial charge in [0.25, 0.3) is 0 Å². The van der Waals surface area contributed by atoms with Gasteiger partial charge in [-0.25, -0.2) is 9.78 Å². The first kappa shape index (κ1) is 19.9. The van der Waals surface area contributed by atoms with E-state index >= 15 is 0 Å².